The van der Waals surface area contributed by atoms with Crippen LogP contribution in [0, 0.1) is 6.92 Å². The minimum absolute atomic E-state index is 0.119. The molecule has 1 heterocycles. The van der Waals surface area contributed by atoms with E-state index in [-0.39, 0.29) is 5.41 Å². The molecule has 0 saturated carbocycles. The second-order valence-corrected chi connectivity index (χ2v) is 6.68. The maximum atomic E-state index is 6.06. The Bertz CT molecular complexity index is 849. The van der Waals surface area contributed by atoms with Gasteiger partial charge in [-0.3, -0.25) is 0 Å². The third-order valence-electron chi connectivity index (χ3n) is 3.77. The topological polar surface area (TPSA) is 61.0 Å². The van der Waals surface area contributed by atoms with Crippen LogP contribution in [-0.2, 0) is 5.41 Å². The van der Waals surface area contributed by atoms with Crippen molar-refractivity contribution in [3.8, 4) is 11.5 Å². The van der Waals surface area contributed by atoms with E-state index in [0.29, 0.717) is 17.4 Å². The zero-order valence-electron chi connectivity index (χ0n) is 13.9. The third-order valence-corrected chi connectivity index (χ3v) is 3.77. The molecule has 0 fully saturated rings. The highest BCUT2D eigenvalue weighted by atomic mass is 16.5. The molecule has 23 heavy (non-hydrogen) atoms. The molecule has 1 aromatic heterocycles. The van der Waals surface area contributed by atoms with Gasteiger partial charge in [0.05, 0.1) is 10.9 Å². The van der Waals surface area contributed by atoms with Crippen LogP contribution in [0.3, 0.4) is 0 Å². The van der Waals surface area contributed by atoms with E-state index in [1.165, 1.54) is 5.56 Å². The molecule has 118 valence electrons. The predicted molar refractivity (Wildman–Crippen MR) is 93.9 cm³/mol. The molecule has 0 amide bonds. The molecular weight excluding hydrogens is 286 g/mol. The lowest BCUT2D eigenvalue weighted by Crippen LogP contribution is -2.10. The van der Waals surface area contributed by atoms with E-state index in [1.807, 2.05) is 37.3 Å². The Morgan fingerprint density at radius 1 is 0.957 bits per heavy atom. The van der Waals surface area contributed by atoms with Crippen LogP contribution in [0.1, 0.15) is 32.2 Å². The van der Waals surface area contributed by atoms with Crippen molar-refractivity contribution < 1.29 is 4.74 Å². The summed E-state index contributed by atoms with van der Waals surface area (Å²) in [7, 11) is 0. The average molecular weight is 307 g/mol. The molecule has 0 saturated heterocycles. The quantitative estimate of drug-likeness (QED) is 0.751. The maximum Gasteiger partial charge on any atom is 0.140 e. The van der Waals surface area contributed by atoms with E-state index < -0.39 is 0 Å². The van der Waals surface area contributed by atoms with Crippen molar-refractivity contribution in [1.29, 1.82) is 0 Å². The lowest BCUT2D eigenvalue weighted by Gasteiger charge is -2.19. The number of nitrogens with two attached hydrogens (primary N) is 1. The number of benzene rings is 2. The summed E-state index contributed by atoms with van der Waals surface area (Å²) in [6.45, 7) is 8.39. The van der Waals surface area contributed by atoms with Crippen LogP contribution < -0.4 is 10.5 Å². The lowest BCUT2D eigenvalue weighted by atomic mass is 9.87. The predicted octanol–water partition coefficient (Wildman–Crippen LogP) is 4.61. The molecular formula is C19H21N3O. The van der Waals surface area contributed by atoms with Crippen molar-refractivity contribution in [3.63, 3.8) is 0 Å². The molecule has 4 nitrogen and oxygen atoms in total. The van der Waals surface area contributed by atoms with Gasteiger partial charge in [0.15, 0.2) is 0 Å². The Balaban J connectivity index is 1.99. The number of rotatable bonds is 2. The number of fused-ring (bicyclic) bond motifs is 1. The molecule has 3 rings (SSSR count). The van der Waals surface area contributed by atoms with E-state index >= 15 is 0 Å². The smallest absolute Gasteiger partial charge is 0.140 e. The Labute approximate surface area is 136 Å². The highest BCUT2D eigenvalue weighted by Gasteiger charge is 2.14. The number of nitrogen functional groups attached to an aromatic ring is 1. The summed E-state index contributed by atoms with van der Waals surface area (Å²) in [6, 6.07) is 13.8. The first kappa shape index (κ1) is 15.3. The van der Waals surface area contributed by atoms with E-state index in [9.17, 15) is 0 Å². The van der Waals surface area contributed by atoms with Gasteiger partial charge in [-0.2, -0.15) is 0 Å². The van der Waals surface area contributed by atoms with Crippen LogP contribution in [0.4, 0.5) is 5.82 Å². The zero-order chi connectivity index (χ0) is 16.6. The number of hydrogen-bond acceptors (Lipinski definition) is 4. The molecule has 2 aromatic carbocycles. The van der Waals surface area contributed by atoms with E-state index in [4.69, 9.17) is 10.5 Å². The van der Waals surface area contributed by atoms with Gasteiger partial charge in [-0.05, 0) is 42.2 Å². The van der Waals surface area contributed by atoms with Crippen LogP contribution in [0.15, 0.2) is 42.5 Å². The molecule has 0 bridgehead atoms. The SMILES string of the molecule is Cc1nc(N)c2c(Oc3ccc(C(C)(C)C)cc3)cccc2n1. The molecule has 0 unspecified atom stereocenters. The summed E-state index contributed by atoms with van der Waals surface area (Å²) in [4.78, 5) is 8.65. The fraction of sp³-hybridized carbons (Fsp3) is 0.263. The first-order valence-corrected chi connectivity index (χ1v) is 7.66. The van der Waals surface area contributed by atoms with E-state index in [1.54, 1.807) is 0 Å². The summed E-state index contributed by atoms with van der Waals surface area (Å²) in [6.07, 6.45) is 0. The number of anilines is 1. The Hall–Kier alpha value is -2.62. The van der Waals surface area contributed by atoms with Crippen molar-refractivity contribution in [2.45, 2.75) is 33.1 Å². The summed E-state index contributed by atoms with van der Waals surface area (Å²) < 4.78 is 6.02. The second-order valence-electron chi connectivity index (χ2n) is 6.68. The van der Waals surface area contributed by atoms with Gasteiger partial charge in [-0.1, -0.05) is 39.0 Å². The minimum Gasteiger partial charge on any atom is -0.457 e. The van der Waals surface area contributed by atoms with Gasteiger partial charge in [-0.25, -0.2) is 9.97 Å². The molecule has 0 aliphatic carbocycles. The number of nitrogens with zero attached hydrogens (tertiary/aromatic N) is 2. The fourth-order valence-corrected chi connectivity index (χ4v) is 2.53. The van der Waals surface area contributed by atoms with Crippen molar-refractivity contribution in [2.24, 2.45) is 0 Å². The molecule has 2 N–H and O–H groups in total. The zero-order valence-corrected chi connectivity index (χ0v) is 13.9. The highest BCUT2D eigenvalue weighted by molar-refractivity contribution is 5.93. The van der Waals surface area contributed by atoms with Gasteiger partial charge in [0.2, 0.25) is 0 Å². The number of ether oxygens (including phenoxy) is 1. The molecule has 0 spiro atoms. The number of hydrogen-bond donors (Lipinski definition) is 1. The summed E-state index contributed by atoms with van der Waals surface area (Å²) in [5.41, 5.74) is 8.24. The van der Waals surface area contributed by atoms with Crippen LogP contribution in [0.25, 0.3) is 10.9 Å². The van der Waals surface area contributed by atoms with Crippen molar-refractivity contribution >= 4 is 16.7 Å². The van der Waals surface area contributed by atoms with Gasteiger partial charge in [-0.15, -0.1) is 0 Å². The molecule has 0 radical (unpaired) electrons. The summed E-state index contributed by atoms with van der Waals surface area (Å²) in [5, 5.41) is 0.748. The average Bonchev–Trinajstić information content (AvgIpc) is 2.46. The standard InChI is InChI=1S/C19H21N3O/c1-12-21-15-6-5-7-16(17(15)18(20)22-12)23-14-10-8-13(9-11-14)19(2,3)4/h5-11H,1-4H3,(H2,20,21,22). The maximum absolute atomic E-state index is 6.06. The van der Waals surface area contributed by atoms with Gasteiger partial charge < -0.3 is 10.5 Å². The van der Waals surface area contributed by atoms with Crippen molar-refractivity contribution in [2.75, 3.05) is 5.73 Å². The lowest BCUT2D eigenvalue weighted by molar-refractivity contribution is 0.487. The Kier molecular flexibility index (Phi) is 3.68. The van der Waals surface area contributed by atoms with E-state index in [2.05, 4.69) is 42.9 Å². The Morgan fingerprint density at radius 3 is 2.30 bits per heavy atom. The minimum atomic E-state index is 0.119. The summed E-state index contributed by atoms with van der Waals surface area (Å²) >= 11 is 0. The first-order chi connectivity index (χ1) is 10.8. The van der Waals surface area contributed by atoms with Crippen LogP contribution in [0.2, 0.25) is 0 Å². The van der Waals surface area contributed by atoms with Gasteiger partial charge >= 0.3 is 0 Å². The summed E-state index contributed by atoms with van der Waals surface area (Å²) in [5.74, 6) is 2.53. The first-order valence-electron chi connectivity index (χ1n) is 7.66. The monoisotopic (exact) mass is 307 g/mol. The molecule has 0 aliphatic heterocycles. The van der Waals surface area contributed by atoms with Gasteiger partial charge in [0.1, 0.15) is 23.1 Å². The van der Waals surface area contributed by atoms with Crippen LogP contribution in [0.5, 0.6) is 11.5 Å². The van der Waals surface area contributed by atoms with Crippen LogP contribution >= 0.6 is 0 Å². The normalized spacial score (nSPS) is 11.7. The fourth-order valence-electron chi connectivity index (χ4n) is 2.53. The molecule has 4 heteroatoms. The molecule has 3 aromatic rings. The van der Waals surface area contributed by atoms with Crippen molar-refractivity contribution in [1.82, 2.24) is 9.97 Å². The number of aryl methyl sites for hydroxylation is 1. The highest BCUT2D eigenvalue weighted by Crippen LogP contribution is 2.33. The van der Waals surface area contributed by atoms with E-state index in [0.717, 1.165) is 16.7 Å². The van der Waals surface area contributed by atoms with Crippen molar-refractivity contribution in [3.05, 3.63) is 53.9 Å². The van der Waals surface area contributed by atoms with Crippen LogP contribution in [-0.4, -0.2) is 9.97 Å². The molecule has 0 atom stereocenters. The largest absolute Gasteiger partial charge is 0.457 e. The van der Waals surface area contributed by atoms with Gasteiger partial charge in [0, 0.05) is 0 Å². The van der Waals surface area contributed by atoms with Gasteiger partial charge in [0.25, 0.3) is 0 Å². The molecule has 0 aliphatic rings. The Morgan fingerprint density at radius 2 is 1.65 bits per heavy atom. The number of aromatic nitrogens is 2. The second kappa shape index (κ2) is 5.54. The third kappa shape index (κ3) is 3.11.